The van der Waals surface area contributed by atoms with Crippen LogP contribution in [-0.2, 0) is 4.79 Å². The third-order valence-electron chi connectivity index (χ3n) is 4.31. The minimum Gasteiger partial charge on any atom is -0.357 e. The largest absolute Gasteiger partial charge is 0.357 e. The highest BCUT2D eigenvalue weighted by Gasteiger charge is 2.22. The SMILES string of the molecule is CC(NC(=O)CSc1nnc(NC2CC2)s1)c1cccc2ccccc12. The van der Waals surface area contributed by atoms with Gasteiger partial charge in [-0.25, -0.2) is 0 Å². The normalized spacial score (nSPS) is 15.0. The molecule has 1 saturated carbocycles. The Balaban J connectivity index is 1.34. The van der Waals surface area contributed by atoms with E-state index >= 15 is 0 Å². The van der Waals surface area contributed by atoms with Crippen molar-refractivity contribution in [3.05, 3.63) is 48.0 Å². The molecule has 7 heteroatoms. The highest BCUT2D eigenvalue weighted by molar-refractivity contribution is 8.01. The second kappa shape index (κ2) is 7.63. The molecule has 134 valence electrons. The topological polar surface area (TPSA) is 66.9 Å². The monoisotopic (exact) mass is 384 g/mol. The average molecular weight is 385 g/mol. The zero-order valence-corrected chi connectivity index (χ0v) is 16.1. The molecule has 1 heterocycles. The van der Waals surface area contributed by atoms with E-state index in [0.717, 1.165) is 15.0 Å². The van der Waals surface area contributed by atoms with Gasteiger partial charge in [-0.3, -0.25) is 4.79 Å². The maximum Gasteiger partial charge on any atom is 0.230 e. The van der Waals surface area contributed by atoms with Gasteiger partial charge in [0.2, 0.25) is 11.0 Å². The van der Waals surface area contributed by atoms with Crippen LogP contribution in [0.3, 0.4) is 0 Å². The van der Waals surface area contributed by atoms with Crippen LogP contribution >= 0.6 is 23.1 Å². The Bertz CT molecular complexity index is 917. The van der Waals surface area contributed by atoms with Crippen LogP contribution in [0.4, 0.5) is 5.13 Å². The first-order valence-electron chi connectivity index (χ1n) is 8.69. The Labute approximate surface area is 160 Å². The Hall–Kier alpha value is -2.12. The maximum atomic E-state index is 12.3. The highest BCUT2D eigenvalue weighted by Crippen LogP contribution is 2.30. The number of anilines is 1. The van der Waals surface area contributed by atoms with E-state index in [1.54, 1.807) is 0 Å². The number of fused-ring (bicyclic) bond motifs is 1. The van der Waals surface area contributed by atoms with E-state index in [4.69, 9.17) is 0 Å². The Morgan fingerprint density at radius 2 is 2.04 bits per heavy atom. The number of nitrogens with zero attached hydrogens (tertiary/aromatic N) is 2. The van der Waals surface area contributed by atoms with Crippen molar-refractivity contribution in [2.75, 3.05) is 11.1 Å². The van der Waals surface area contributed by atoms with E-state index in [-0.39, 0.29) is 11.9 Å². The van der Waals surface area contributed by atoms with Crippen molar-refractivity contribution in [2.45, 2.75) is 36.2 Å². The summed E-state index contributed by atoms with van der Waals surface area (Å²) in [4.78, 5) is 12.3. The van der Waals surface area contributed by atoms with Crippen LogP contribution in [0.25, 0.3) is 10.8 Å². The Morgan fingerprint density at radius 1 is 1.23 bits per heavy atom. The van der Waals surface area contributed by atoms with Crippen LogP contribution in [-0.4, -0.2) is 27.9 Å². The van der Waals surface area contributed by atoms with Gasteiger partial charge in [-0.1, -0.05) is 65.6 Å². The molecular weight excluding hydrogens is 364 g/mol. The first-order valence-corrected chi connectivity index (χ1v) is 10.5. The first kappa shape index (κ1) is 17.3. The molecule has 3 aromatic rings. The molecule has 5 nitrogen and oxygen atoms in total. The lowest BCUT2D eigenvalue weighted by molar-refractivity contribution is -0.119. The summed E-state index contributed by atoms with van der Waals surface area (Å²) in [5.41, 5.74) is 1.13. The van der Waals surface area contributed by atoms with Gasteiger partial charge in [-0.05, 0) is 36.1 Å². The smallest absolute Gasteiger partial charge is 0.230 e. The second-order valence-corrected chi connectivity index (χ2v) is 8.64. The fourth-order valence-corrected chi connectivity index (χ4v) is 4.48. The molecule has 26 heavy (non-hydrogen) atoms. The van der Waals surface area contributed by atoms with E-state index in [1.165, 1.54) is 46.7 Å². The van der Waals surface area contributed by atoms with E-state index < -0.39 is 0 Å². The number of benzene rings is 2. The molecule has 1 amide bonds. The molecular formula is C19H20N4OS2. The number of thioether (sulfide) groups is 1. The lowest BCUT2D eigenvalue weighted by Gasteiger charge is -2.16. The maximum absolute atomic E-state index is 12.3. The molecule has 0 spiro atoms. The minimum atomic E-state index is -0.0456. The van der Waals surface area contributed by atoms with E-state index in [0.29, 0.717) is 11.8 Å². The molecule has 2 N–H and O–H groups in total. The number of aromatic nitrogens is 2. The lowest BCUT2D eigenvalue weighted by atomic mass is 10.00. The molecule has 1 fully saturated rings. The van der Waals surface area contributed by atoms with Gasteiger partial charge < -0.3 is 10.6 Å². The van der Waals surface area contributed by atoms with Gasteiger partial charge in [0.05, 0.1) is 11.8 Å². The summed E-state index contributed by atoms with van der Waals surface area (Å²) in [6, 6.07) is 14.9. The fraction of sp³-hybridized carbons (Fsp3) is 0.316. The van der Waals surface area contributed by atoms with Crippen LogP contribution in [0, 0.1) is 0 Å². The number of amides is 1. The van der Waals surface area contributed by atoms with E-state index in [9.17, 15) is 4.79 Å². The van der Waals surface area contributed by atoms with Crippen LogP contribution < -0.4 is 10.6 Å². The van der Waals surface area contributed by atoms with Crippen molar-refractivity contribution in [1.29, 1.82) is 0 Å². The van der Waals surface area contributed by atoms with Gasteiger partial charge in [0, 0.05) is 6.04 Å². The van der Waals surface area contributed by atoms with Crippen molar-refractivity contribution < 1.29 is 4.79 Å². The molecule has 1 aromatic heterocycles. The predicted octanol–water partition coefficient (Wildman–Crippen LogP) is 4.24. The highest BCUT2D eigenvalue weighted by atomic mass is 32.2. The number of hydrogen-bond acceptors (Lipinski definition) is 6. The standard InChI is InChI=1S/C19H20N4OS2/c1-12(15-8-4-6-13-5-2-3-7-16(13)15)20-17(24)11-25-19-23-22-18(26-19)21-14-9-10-14/h2-8,12,14H,9-11H2,1H3,(H,20,24)(H,21,22). The van der Waals surface area contributed by atoms with Gasteiger partial charge >= 0.3 is 0 Å². The third kappa shape index (κ3) is 4.16. The molecule has 1 unspecified atom stereocenters. The molecule has 0 saturated heterocycles. The zero-order chi connectivity index (χ0) is 17.9. The van der Waals surface area contributed by atoms with Crippen LogP contribution in [0.15, 0.2) is 46.8 Å². The summed E-state index contributed by atoms with van der Waals surface area (Å²) in [5.74, 6) is 0.343. The molecule has 1 aliphatic carbocycles. The van der Waals surface area contributed by atoms with Crippen LogP contribution in [0.5, 0.6) is 0 Å². The molecule has 0 aliphatic heterocycles. The van der Waals surface area contributed by atoms with Gasteiger partial charge in [-0.2, -0.15) is 0 Å². The van der Waals surface area contributed by atoms with Crippen molar-refractivity contribution in [3.8, 4) is 0 Å². The van der Waals surface area contributed by atoms with Gasteiger partial charge in [-0.15, -0.1) is 10.2 Å². The number of carbonyl (C=O) groups excluding carboxylic acids is 1. The molecule has 0 bridgehead atoms. The molecule has 1 aliphatic rings. The predicted molar refractivity (Wildman–Crippen MR) is 108 cm³/mol. The minimum absolute atomic E-state index is 0.00216. The Morgan fingerprint density at radius 3 is 2.88 bits per heavy atom. The first-order chi connectivity index (χ1) is 12.7. The summed E-state index contributed by atoms with van der Waals surface area (Å²) < 4.78 is 0.820. The van der Waals surface area contributed by atoms with Gasteiger partial charge in [0.1, 0.15) is 0 Å². The van der Waals surface area contributed by atoms with Crippen molar-refractivity contribution in [1.82, 2.24) is 15.5 Å². The fourth-order valence-electron chi connectivity index (χ4n) is 2.84. The molecule has 0 radical (unpaired) electrons. The number of nitrogens with one attached hydrogen (secondary N) is 2. The Kier molecular flexibility index (Phi) is 5.08. The number of hydrogen-bond donors (Lipinski definition) is 2. The van der Waals surface area contributed by atoms with E-state index in [1.807, 2.05) is 25.1 Å². The van der Waals surface area contributed by atoms with Gasteiger partial charge in [0.15, 0.2) is 4.34 Å². The molecule has 1 atom stereocenters. The van der Waals surface area contributed by atoms with Crippen molar-refractivity contribution in [3.63, 3.8) is 0 Å². The summed E-state index contributed by atoms with van der Waals surface area (Å²) in [6.07, 6.45) is 2.41. The summed E-state index contributed by atoms with van der Waals surface area (Å²) in [7, 11) is 0. The van der Waals surface area contributed by atoms with Crippen LogP contribution in [0.1, 0.15) is 31.4 Å². The zero-order valence-electron chi connectivity index (χ0n) is 14.4. The lowest BCUT2D eigenvalue weighted by Crippen LogP contribution is -2.28. The van der Waals surface area contributed by atoms with Crippen molar-refractivity contribution in [2.24, 2.45) is 0 Å². The average Bonchev–Trinajstić information content (AvgIpc) is 3.35. The third-order valence-corrected chi connectivity index (χ3v) is 6.29. The second-order valence-electron chi connectivity index (χ2n) is 6.44. The quantitative estimate of drug-likeness (QED) is 0.597. The molecule has 4 rings (SSSR count). The van der Waals surface area contributed by atoms with Crippen LogP contribution in [0.2, 0.25) is 0 Å². The number of carbonyl (C=O) groups is 1. The van der Waals surface area contributed by atoms with Gasteiger partial charge in [0.25, 0.3) is 0 Å². The summed E-state index contributed by atoms with van der Waals surface area (Å²) in [6.45, 7) is 2.02. The molecule has 2 aromatic carbocycles. The summed E-state index contributed by atoms with van der Waals surface area (Å²) >= 11 is 2.94. The number of rotatable bonds is 7. The summed E-state index contributed by atoms with van der Waals surface area (Å²) in [5, 5.41) is 17.9. The van der Waals surface area contributed by atoms with Crippen molar-refractivity contribution >= 4 is 44.9 Å². The van der Waals surface area contributed by atoms with E-state index in [2.05, 4.69) is 45.1 Å².